The van der Waals surface area contributed by atoms with Gasteiger partial charge in [-0.2, -0.15) is 0 Å². The number of halogens is 1. The molecule has 0 saturated carbocycles. The van der Waals surface area contributed by atoms with Crippen LogP contribution in [0.15, 0.2) is 22.7 Å². The van der Waals surface area contributed by atoms with Gasteiger partial charge in [0.25, 0.3) is 0 Å². The smallest absolute Gasteiger partial charge is 0.127 e. The summed E-state index contributed by atoms with van der Waals surface area (Å²) in [6.07, 6.45) is 2.33. The number of aliphatic hydroxyl groups is 1. The van der Waals surface area contributed by atoms with Crippen LogP contribution in [0.3, 0.4) is 0 Å². The quantitative estimate of drug-likeness (QED) is 0.861. The van der Waals surface area contributed by atoms with Gasteiger partial charge >= 0.3 is 0 Å². The van der Waals surface area contributed by atoms with Gasteiger partial charge in [-0.05, 0) is 31.5 Å². The molecular formula is C15H20BrNO2. The maximum Gasteiger partial charge on any atom is 0.127 e. The fraction of sp³-hybridized carbons (Fsp3) is 0.600. The monoisotopic (exact) mass is 325 g/mol. The van der Waals surface area contributed by atoms with Crippen molar-refractivity contribution in [2.45, 2.75) is 37.9 Å². The normalized spacial score (nSPS) is 25.9. The molecule has 1 atom stereocenters. The predicted octanol–water partition coefficient (Wildman–Crippen LogP) is 3.12. The first-order chi connectivity index (χ1) is 9.12. The molecule has 0 aromatic heterocycles. The van der Waals surface area contributed by atoms with E-state index in [1.807, 2.05) is 18.2 Å². The van der Waals surface area contributed by atoms with Gasteiger partial charge in [0, 0.05) is 29.5 Å². The van der Waals surface area contributed by atoms with Crippen molar-refractivity contribution in [2.24, 2.45) is 0 Å². The van der Waals surface area contributed by atoms with E-state index in [1.165, 1.54) is 0 Å². The second kappa shape index (κ2) is 5.08. The topological polar surface area (TPSA) is 32.7 Å². The second-order valence-electron chi connectivity index (χ2n) is 5.62. The average molecular weight is 326 g/mol. The van der Waals surface area contributed by atoms with Crippen LogP contribution in [-0.4, -0.2) is 35.2 Å². The molecule has 19 heavy (non-hydrogen) atoms. The predicted molar refractivity (Wildman–Crippen MR) is 78.4 cm³/mol. The summed E-state index contributed by atoms with van der Waals surface area (Å²) in [5.74, 6) is 0.845. The molecule has 1 N–H and O–H groups in total. The zero-order valence-corrected chi connectivity index (χ0v) is 12.8. The lowest BCUT2D eigenvalue weighted by molar-refractivity contribution is -0.0531. The summed E-state index contributed by atoms with van der Waals surface area (Å²) in [5.41, 5.74) is 0.755. The number of hydrogen-bond donors (Lipinski definition) is 1. The Morgan fingerprint density at radius 3 is 2.84 bits per heavy atom. The van der Waals surface area contributed by atoms with Crippen LogP contribution in [0.2, 0.25) is 0 Å². The van der Waals surface area contributed by atoms with Crippen LogP contribution in [0.1, 0.15) is 37.9 Å². The zero-order valence-electron chi connectivity index (χ0n) is 11.2. The van der Waals surface area contributed by atoms with E-state index in [1.54, 1.807) is 0 Å². The lowest BCUT2D eigenvalue weighted by Gasteiger charge is -2.45. The Kier molecular flexibility index (Phi) is 3.58. The van der Waals surface area contributed by atoms with Crippen LogP contribution in [0.5, 0.6) is 5.75 Å². The number of nitrogens with zero attached hydrogens (tertiary/aromatic N) is 1. The molecule has 4 heteroatoms. The van der Waals surface area contributed by atoms with Gasteiger partial charge in [0.2, 0.25) is 0 Å². The maximum atomic E-state index is 10.4. The molecule has 0 amide bonds. The third-order valence-electron chi connectivity index (χ3n) is 4.44. The summed E-state index contributed by atoms with van der Waals surface area (Å²) in [5, 5.41) is 10.4. The fourth-order valence-corrected chi connectivity index (χ4v) is 3.53. The van der Waals surface area contributed by atoms with Crippen LogP contribution >= 0.6 is 15.9 Å². The van der Waals surface area contributed by atoms with E-state index in [2.05, 4.69) is 27.8 Å². The molecule has 2 aliphatic rings. The van der Waals surface area contributed by atoms with Gasteiger partial charge < -0.3 is 14.7 Å². The number of likely N-dealkylation sites (tertiary alicyclic amines) is 1. The number of benzene rings is 1. The number of piperidine rings is 1. The Balaban J connectivity index is 1.84. The van der Waals surface area contributed by atoms with E-state index in [0.29, 0.717) is 0 Å². The molecule has 1 aromatic rings. The van der Waals surface area contributed by atoms with Crippen LogP contribution < -0.4 is 4.74 Å². The molecule has 1 aromatic carbocycles. The third kappa shape index (κ3) is 2.54. The highest BCUT2D eigenvalue weighted by molar-refractivity contribution is 9.10. The molecule has 0 radical (unpaired) electrons. The van der Waals surface area contributed by atoms with E-state index in [4.69, 9.17) is 4.74 Å². The molecule has 1 saturated heterocycles. The van der Waals surface area contributed by atoms with E-state index in [9.17, 15) is 5.11 Å². The third-order valence-corrected chi connectivity index (χ3v) is 4.93. The molecular weight excluding hydrogens is 306 g/mol. The molecule has 2 heterocycles. The average Bonchev–Trinajstić information content (AvgIpc) is 2.39. The summed E-state index contributed by atoms with van der Waals surface area (Å²) < 4.78 is 7.29. The zero-order chi connectivity index (χ0) is 13.5. The minimum Gasteiger partial charge on any atom is -0.487 e. The first-order valence-corrected chi connectivity index (χ1v) is 7.80. The molecule has 1 spiro atoms. The van der Waals surface area contributed by atoms with Gasteiger partial charge in [-0.3, -0.25) is 0 Å². The summed E-state index contributed by atoms with van der Waals surface area (Å²) in [6.45, 7) is 5.42. The molecule has 3 nitrogen and oxygen atoms in total. The van der Waals surface area contributed by atoms with Crippen molar-refractivity contribution in [1.82, 2.24) is 4.90 Å². The highest BCUT2D eigenvalue weighted by atomic mass is 79.9. The summed E-state index contributed by atoms with van der Waals surface area (Å²) >= 11 is 3.47. The molecule has 104 valence electrons. The van der Waals surface area contributed by atoms with Gasteiger partial charge in [0.15, 0.2) is 0 Å². The number of fused-ring (bicyclic) bond motifs is 1. The second-order valence-corrected chi connectivity index (χ2v) is 6.54. The number of aliphatic hydroxyl groups excluding tert-OH is 1. The van der Waals surface area contributed by atoms with Crippen molar-refractivity contribution in [1.29, 1.82) is 0 Å². The molecule has 0 unspecified atom stereocenters. The van der Waals surface area contributed by atoms with Crippen LogP contribution in [0.25, 0.3) is 0 Å². The molecule has 2 aliphatic heterocycles. The van der Waals surface area contributed by atoms with Crippen LogP contribution in [-0.2, 0) is 0 Å². The van der Waals surface area contributed by atoms with Gasteiger partial charge in [-0.1, -0.05) is 28.9 Å². The minimum absolute atomic E-state index is 0.168. The van der Waals surface area contributed by atoms with Crippen molar-refractivity contribution in [3.8, 4) is 5.75 Å². The molecule has 3 rings (SSSR count). The standard InChI is InChI=1S/C15H20BrNO2/c1-2-17-7-5-15(6-8-17)10-13(18)12-4-3-11(16)9-14(12)19-15/h3-4,9,13,18H,2,5-8,10H2,1H3/t13-/m1/s1. The Morgan fingerprint density at radius 1 is 1.42 bits per heavy atom. The van der Waals surface area contributed by atoms with Crippen LogP contribution in [0, 0.1) is 0 Å². The van der Waals surface area contributed by atoms with Crippen LogP contribution in [0.4, 0.5) is 0 Å². The lowest BCUT2D eigenvalue weighted by atomic mass is 9.81. The van der Waals surface area contributed by atoms with E-state index in [0.717, 1.165) is 54.7 Å². The fourth-order valence-electron chi connectivity index (χ4n) is 3.19. The number of hydrogen-bond acceptors (Lipinski definition) is 3. The largest absolute Gasteiger partial charge is 0.487 e. The summed E-state index contributed by atoms with van der Waals surface area (Å²) in [6, 6.07) is 5.90. The minimum atomic E-state index is -0.398. The van der Waals surface area contributed by atoms with Crippen molar-refractivity contribution in [2.75, 3.05) is 19.6 Å². The van der Waals surface area contributed by atoms with Gasteiger partial charge in [0.05, 0.1) is 6.10 Å². The highest BCUT2D eigenvalue weighted by Crippen LogP contribution is 2.44. The van der Waals surface area contributed by atoms with Gasteiger partial charge in [-0.15, -0.1) is 0 Å². The molecule has 0 bridgehead atoms. The summed E-state index contributed by atoms with van der Waals surface area (Å²) in [4.78, 5) is 2.44. The lowest BCUT2D eigenvalue weighted by Crippen LogP contribution is -2.50. The van der Waals surface area contributed by atoms with Gasteiger partial charge in [0.1, 0.15) is 11.4 Å². The molecule has 0 aliphatic carbocycles. The number of ether oxygens (including phenoxy) is 1. The Labute approximate surface area is 122 Å². The first kappa shape index (κ1) is 13.4. The highest BCUT2D eigenvalue weighted by Gasteiger charge is 2.42. The van der Waals surface area contributed by atoms with Crippen molar-refractivity contribution < 1.29 is 9.84 Å². The molecule has 1 fully saturated rings. The van der Waals surface area contributed by atoms with Crippen molar-refractivity contribution in [3.05, 3.63) is 28.2 Å². The first-order valence-electron chi connectivity index (χ1n) is 7.01. The van der Waals surface area contributed by atoms with Crippen molar-refractivity contribution in [3.63, 3.8) is 0 Å². The van der Waals surface area contributed by atoms with E-state index < -0.39 is 6.10 Å². The summed E-state index contributed by atoms with van der Waals surface area (Å²) in [7, 11) is 0. The van der Waals surface area contributed by atoms with E-state index in [-0.39, 0.29) is 5.60 Å². The Morgan fingerprint density at radius 2 is 2.16 bits per heavy atom. The Bertz CT molecular complexity index is 469. The SMILES string of the molecule is CCN1CCC2(CC1)C[C@@H](O)c1ccc(Br)cc1O2. The maximum absolute atomic E-state index is 10.4. The number of rotatable bonds is 1. The Hall–Kier alpha value is -0.580. The van der Waals surface area contributed by atoms with Crippen molar-refractivity contribution >= 4 is 15.9 Å². The van der Waals surface area contributed by atoms with E-state index >= 15 is 0 Å². The van der Waals surface area contributed by atoms with Gasteiger partial charge in [-0.25, -0.2) is 0 Å².